The van der Waals surface area contributed by atoms with E-state index < -0.39 is 0 Å². The first-order valence-corrected chi connectivity index (χ1v) is 3.04. The van der Waals surface area contributed by atoms with Gasteiger partial charge in [-0.3, -0.25) is 4.79 Å². The minimum Gasteiger partial charge on any atom is -0.356 e. The number of amides is 1. The highest BCUT2D eigenvalue weighted by atomic mass is 79.9. The normalized spacial score (nSPS) is 16.5. The van der Waals surface area contributed by atoms with Gasteiger partial charge >= 0.3 is 0 Å². The molecule has 4 heteroatoms. The molecule has 0 atom stereocenters. The summed E-state index contributed by atoms with van der Waals surface area (Å²) in [7, 11) is 0. The Hall–Kier alpha value is -0.0900. The second kappa shape index (κ2) is 5.05. The maximum absolute atomic E-state index is 10.1. The molecule has 0 aromatic rings. The molecule has 1 heterocycles. The number of nitrogens with one attached hydrogen (secondary N) is 1. The van der Waals surface area contributed by atoms with Crippen LogP contribution in [0.25, 0.3) is 0 Å². The largest absolute Gasteiger partial charge is 0.356 e. The first-order chi connectivity index (χ1) is 3.89. The standard InChI is InChI=1S/C4H7NO.BrHO/c6-4-2-1-3-5-4;1-2/h1-3H2,(H,5,6);2H. The summed E-state index contributed by atoms with van der Waals surface area (Å²) in [6, 6.07) is 0. The van der Waals surface area contributed by atoms with Gasteiger partial charge in [-0.05, 0) is 6.42 Å². The van der Waals surface area contributed by atoms with Crippen LogP contribution in [0.4, 0.5) is 0 Å². The Bertz CT molecular complexity index is 68.4. The summed E-state index contributed by atoms with van der Waals surface area (Å²) in [5.74, 6) is 0.204. The van der Waals surface area contributed by atoms with Crippen LogP contribution in [0.15, 0.2) is 0 Å². The number of carbonyl (C=O) groups is 1. The molecule has 1 rings (SSSR count). The smallest absolute Gasteiger partial charge is 0.220 e. The molecule has 3 nitrogen and oxygen atoms in total. The Morgan fingerprint density at radius 3 is 2.38 bits per heavy atom. The Balaban J connectivity index is 0.000000222. The van der Waals surface area contributed by atoms with Crippen LogP contribution in [-0.2, 0) is 4.79 Å². The van der Waals surface area contributed by atoms with Gasteiger partial charge in [0.05, 0.1) is 16.3 Å². The van der Waals surface area contributed by atoms with Gasteiger partial charge in [0.25, 0.3) is 0 Å². The van der Waals surface area contributed by atoms with Crippen LogP contribution >= 0.6 is 16.3 Å². The molecule has 2 N–H and O–H groups in total. The lowest BCUT2D eigenvalue weighted by Crippen LogP contribution is -2.12. The minimum absolute atomic E-state index is 0.204. The topological polar surface area (TPSA) is 49.3 Å². The first kappa shape index (κ1) is 7.91. The summed E-state index contributed by atoms with van der Waals surface area (Å²) in [5.41, 5.74) is 0. The second-order valence-corrected chi connectivity index (χ2v) is 1.45. The molecule has 0 aromatic heterocycles. The summed E-state index contributed by atoms with van der Waals surface area (Å²) in [6.45, 7) is 0.888. The van der Waals surface area contributed by atoms with E-state index in [0.29, 0.717) is 0 Å². The minimum atomic E-state index is 0.204. The quantitative estimate of drug-likeness (QED) is 0.561. The van der Waals surface area contributed by atoms with Gasteiger partial charge in [-0.2, -0.15) is 0 Å². The van der Waals surface area contributed by atoms with Crippen LogP contribution in [0.5, 0.6) is 0 Å². The first-order valence-electron chi connectivity index (χ1n) is 2.33. The lowest BCUT2D eigenvalue weighted by Gasteiger charge is -1.80. The van der Waals surface area contributed by atoms with E-state index in [0.717, 1.165) is 19.4 Å². The van der Waals surface area contributed by atoms with Gasteiger partial charge in [0, 0.05) is 13.0 Å². The van der Waals surface area contributed by atoms with Crippen molar-refractivity contribution in [2.75, 3.05) is 6.54 Å². The van der Waals surface area contributed by atoms with Crippen molar-refractivity contribution in [2.45, 2.75) is 12.8 Å². The van der Waals surface area contributed by atoms with Crippen molar-refractivity contribution in [1.29, 1.82) is 0 Å². The van der Waals surface area contributed by atoms with Crippen molar-refractivity contribution < 1.29 is 8.99 Å². The lowest BCUT2D eigenvalue weighted by molar-refractivity contribution is -0.119. The average molecular weight is 182 g/mol. The van der Waals surface area contributed by atoms with Crippen molar-refractivity contribution in [1.82, 2.24) is 5.32 Å². The molecule has 0 aliphatic carbocycles. The summed E-state index contributed by atoms with van der Waals surface area (Å²) in [6.07, 6.45) is 1.76. The van der Waals surface area contributed by atoms with Gasteiger partial charge in [0.15, 0.2) is 0 Å². The van der Waals surface area contributed by atoms with Gasteiger partial charge in [0.2, 0.25) is 5.91 Å². The predicted molar refractivity (Wildman–Crippen MR) is 33.4 cm³/mol. The van der Waals surface area contributed by atoms with Crippen LogP contribution in [-0.4, -0.2) is 16.6 Å². The van der Waals surface area contributed by atoms with Crippen LogP contribution in [0.2, 0.25) is 0 Å². The molecule has 0 aromatic carbocycles. The van der Waals surface area contributed by atoms with E-state index in [4.69, 9.17) is 4.20 Å². The van der Waals surface area contributed by atoms with E-state index in [9.17, 15) is 4.79 Å². The van der Waals surface area contributed by atoms with Crippen LogP contribution in [0, 0.1) is 0 Å². The number of carbonyl (C=O) groups excluding carboxylic acids is 1. The average Bonchev–Trinajstić information content (AvgIpc) is 2.24. The fourth-order valence-electron chi connectivity index (χ4n) is 0.565. The van der Waals surface area contributed by atoms with E-state index in [1.807, 2.05) is 16.3 Å². The maximum Gasteiger partial charge on any atom is 0.220 e. The van der Waals surface area contributed by atoms with E-state index >= 15 is 0 Å². The molecule has 0 spiro atoms. The van der Waals surface area contributed by atoms with Crippen molar-refractivity contribution in [2.24, 2.45) is 0 Å². The van der Waals surface area contributed by atoms with Crippen molar-refractivity contribution in [3.63, 3.8) is 0 Å². The molecule has 48 valence electrons. The number of rotatable bonds is 0. The third kappa shape index (κ3) is 2.98. The number of halogens is 1. The molecule has 1 saturated heterocycles. The highest BCUT2D eigenvalue weighted by molar-refractivity contribution is 9.05. The molecular weight excluding hydrogens is 174 g/mol. The monoisotopic (exact) mass is 181 g/mol. The highest BCUT2D eigenvalue weighted by Gasteiger charge is 2.05. The lowest BCUT2D eigenvalue weighted by atomic mass is 10.4. The maximum atomic E-state index is 10.1. The van der Waals surface area contributed by atoms with Gasteiger partial charge in [-0.25, -0.2) is 0 Å². The summed E-state index contributed by atoms with van der Waals surface area (Å²) >= 11 is 1.94. The Labute approximate surface area is 56.5 Å². The molecule has 0 radical (unpaired) electrons. The van der Waals surface area contributed by atoms with E-state index in [1.165, 1.54) is 0 Å². The van der Waals surface area contributed by atoms with Crippen LogP contribution in [0.3, 0.4) is 0 Å². The summed E-state index contributed by atoms with van der Waals surface area (Å²) in [5, 5.41) is 2.68. The molecule has 0 bridgehead atoms. The molecule has 1 aliphatic rings. The Morgan fingerprint density at radius 1 is 1.62 bits per heavy atom. The van der Waals surface area contributed by atoms with Gasteiger partial charge in [-0.1, -0.05) is 0 Å². The molecule has 8 heavy (non-hydrogen) atoms. The van der Waals surface area contributed by atoms with E-state index in [1.54, 1.807) is 0 Å². The molecule has 1 amide bonds. The Morgan fingerprint density at radius 2 is 2.25 bits per heavy atom. The zero-order valence-electron chi connectivity index (χ0n) is 4.35. The van der Waals surface area contributed by atoms with Gasteiger partial charge < -0.3 is 9.51 Å². The number of hydrogen-bond donors (Lipinski definition) is 2. The predicted octanol–water partition coefficient (Wildman–Crippen LogP) is 0.185. The summed E-state index contributed by atoms with van der Waals surface area (Å²) < 4.78 is 6.81. The van der Waals surface area contributed by atoms with Crippen molar-refractivity contribution in [3.05, 3.63) is 0 Å². The fourth-order valence-corrected chi connectivity index (χ4v) is 0.565. The van der Waals surface area contributed by atoms with Gasteiger partial charge in [-0.15, -0.1) is 0 Å². The highest BCUT2D eigenvalue weighted by Crippen LogP contribution is 1.93. The van der Waals surface area contributed by atoms with Crippen LogP contribution in [0.1, 0.15) is 12.8 Å². The fraction of sp³-hybridized carbons (Fsp3) is 0.750. The van der Waals surface area contributed by atoms with Crippen molar-refractivity contribution >= 4 is 22.2 Å². The van der Waals surface area contributed by atoms with E-state index in [-0.39, 0.29) is 5.91 Å². The Kier molecular flexibility index (Phi) is 5.00. The molecule has 1 fully saturated rings. The SMILES string of the molecule is O=C1CCCN1.OBr. The van der Waals surface area contributed by atoms with Gasteiger partial charge in [0.1, 0.15) is 0 Å². The van der Waals surface area contributed by atoms with Crippen molar-refractivity contribution in [3.8, 4) is 0 Å². The molecular formula is C4H8BrNO2. The number of hydrogen-bond acceptors (Lipinski definition) is 2. The molecule has 1 aliphatic heterocycles. The second-order valence-electron chi connectivity index (χ2n) is 1.45. The molecule has 0 saturated carbocycles. The van der Waals surface area contributed by atoms with Crippen LogP contribution < -0.4 is 5.32 Å². The molecule has 0 unspecified atom stereocenters. The van der Waals surface area contributed by atoms with E-state index in [2.05, 4.69) is 5.32 Å². The zero-order chi connectivity index (χ0) is 6.41. The third-order valence-electron chi connectivity index (χ3n) is 0.903. The third-order valence-corrected chi connectivity index (χ3v) is 0.903. The zero-order valence-corrected chi connectivity index (χ0v) is 5.94. The summed E-state index contributed by atoms with van der Waals surface area (Å²) in [4.78, 5) is 10.1.